The molecule has 1 aromatic heterocycles. The maximum Gasteiger partial charge on any atom is 0.343 e. The molecule has 2 heterocycles. The molecule has 5 rings (SSSR count). The molecular formula is C38H37FN2O8S. The van der Waals surface area contributed by atoms with Crippen LogP contribution in [0.2, 0.25) is 0 Å². The SMILES string of the molecule is C=CCc1cc(/C=c2\sc3n(c2=O)[C@@H](c2ccc(OCC(=O)OC)c(OCC)c2)C(C(=O)OCC)=C(C)N=3)ccc1OCc1ccc(F)cc1. The van der Waals surface area contributed by atoms with Crippen molar-refractivity contribution in [3.05, 3.63) is 132 Å². The molecule has 10 nitrogen and oxygen atoms in total. The lowest BCUT2D eigenvalue weighted by atomic mass is 9.95. The molecule has 1 aliphatic rings. The van der Waals surface area contributed by atoms with Crippen LogP contribution < -0.4 is 29.1 Å². The van der Waals surface area contributed by atoms with E-state index in [1.807, 2.05) is 18.2 Å². The van der Waals surface area contributed by atoms with Crippen molar-refractivity contribution in [2.45, 2.75) is 39.8 Å². The summed E-state index contributed by atoms with van der Waals surface area (Å²) in [5.74, 6) is -0.202. The van der Waals surface area contributed by atoms with Gasteiger partial charge in [-0.2, -0.15) is 0 Å². The molecule has 4 aromatic rings. The summed E-state index contributed by atoms with van der Waals surface area (Å²) in [6, 6.07) is 15.8. The molecule has 0 saturated heterocycles. The third-order valence-corrected chi connectivity index (χ3v) is 8.71. The molecule has 1 atom stereocenters. The summed E-state index contributed by atoms with van der Waals surface area (Å²) in [5, 5.41) is 0. The average Bonchev–Trinajstić information content (AvgIpc) is 3.41. The van der Waals surface area contributed by atoms with Gasteiger partial charge in [-0.3, -0.25) is 9.36 Å². The van der Waals surface area contributed by atoms with E-state index in [-0.39, 0.29) is 36.8 Å². The molecule has 0 bridgehead atoms. The second-order valence-electron chi connectivity index (χ2n) is 11.1. The Morgan fingerprint density at radius 1 is 0.980 bits per heavy atom. The standard InChI is InChI=1S/C38H37FN2O8S/c1-6-9-26-18-25(12-16-29(26)48-21-24-10-14-28(39)15-11-24)19-32-36(43)41-35(34(37(44)47-8-3)23(4)40-38(41)50-32)27-13-17-30(31(20-27)46-7-2)49-22-33(42)45-5/h6,10-20,35H,1,7-9,21-22H2,2-5H3/b32-19-/t35-/m0/s1. The number of fused-ring (bicyclic) bond motifs is 1. The summed E-state index contributed by atoms with van der Waals surface area (Å²) in [7, 11) is 1.27. The number of halogens is 1. The summed E-state index contributed by atoms with van der Waals surface area (Å²) < 4.78 is 42.9. The predicted octanol–water partition coefficient (Wildman–Crippen LogP) is 5.20. The van der Waals surface area contributed by atoms with Crippen molar-refractivity contribution in [3.63, 3.8) is 0 Å². The van der Waals surface area contributed by atoms with Crippen molar-refractivity contribution in [1.29, 1.82) is 0 Å². The molecule has 260 valence electrons. The van der Waals surface area contributed by atoms with Gasteiger partial charge in [0.2, 0.25) is 0 Å². The van der Waals surface area contributed by atoms with Gasteiger partial charge in [-0.25, -0.2) is 19.0 Å². The largest absolute Gasteiger partial charge is 0.490 e. The molecule has 0 amide bonds. The number of carbonyl (C=O) groups excluding carboxylic acids is 2. The number of ether oxygens (including phenoxy) is 5. The minimum atomic E-state index is -0.889. The highest BCUT2D eigenvalue weighted by atomic mass is 32.1. The second-order valence-corrected chi connectivity index (χ2v) is 12.1. The van der Waals surface area contributed by atoms with Crippen molar-refractivity contribution >= 4 is 29.4 Å². The molecule has 0 N–H and O–H groups in total. The molecule has 0 spiro atoms. The first-order valence-electron chi connectivity index (χ1n) is 15.9. The Morgan fingerprint density at radius 3 is 2.44 bits per heavy atom. The van der Waals surface area contributed by atoms with Gasteiger partial charge in [0.25, 0.3) is 5.56 Å². The number of esters is 2. The zero-order chi connectivity index (χ0) is 35.8. The van der Waals surface area contributed by atoms with Crippen LogP contribution in [0, 0.1) is 5.82 Å². The van der Waals surface area contributed by atoms with Crippen molar-refractivity contribution in [1.82, 2.24) is 4.57 Å². The van der Waals surface area contributed by atoms with E-state index in [1.54, 1.807) is 63.3 Å². The fourth-order valence-electron chi connectivity index (χ4n) is 5.42. The summed E-state index contributed by atoms with van der Waals surface area (Å²) >= 11 is 1.20. The monoisotopic (exact) mass is 700 g/mol. The van der Waals surface area contributed by atoms with E-state index in [1.165, 1.54) is 35.1 Å². The van der Waals surface area contributed by atoms with E-state index in [0.717, 1.165) is 16.7 Å². The molecule has 12 heteroatoms. The number of benzene rings is 3. The Morgan fingerprint density at radius 2 is 1.74 bits per heavy atom. The van der Waals surface area contributed by atoms with Crippen LogP contribution in [0.3, 0.4) is 0 Å². The summed E-state index contributed by atoms with van der Waals surface area (Å²) in [6.45, 7) is 9.45. The fraction of sp³-hybridized carbons (Fsp3) is 0.263. The molecule has 0 saturated carbocycles. The summed E-state index contributed by atoms with van der Waals surface area (Å²) in [5.41, 5.74) is 3.28. The van der Waals surface area contributed by atoms with Gasteiger partial charge in [0, 0.05) is 0 Å². The van der Waals surface area contributed by atoms with Crippen LogP contribution >= 0.6 is 11.3 Å². The van der Waals surface area contributed by atoms with E-state index in [9.17, 15) is 18.8 Å². The summed E-state index contributed by atoms with van der Waals surface area (Å²) in [4.78, 5) is 44.4. The number of carbonyl (C=O) groups is 2. The number of methoxy groups -OCH3 is 1. The topological polar surface area (TPSA) is 115 Å². The Kier molecular flexibility index (Phi) is 11.7. The molecule has 0 fully saturated rings. The third kappa shape index (κ3) is 8.03. The zero-order valence-corrected chi connectivity index (χ0v) is 29.0. The average molecular weight is 701 g/mol. The van der Waals surface area contributed by atoms with E-state index < -0.39 is 18.0 Å². The molecule has 0 aliphatic carbocycles. The van der Waals surface area contributed by atoms with E-state index >= 15 is 0 Å². The van der Waals surface area contributed by atoms with Gasteiger partial charge in [-0.15, -0.1) is 6.58 Å². The van der Waals surface area contributed by atoms with E-state index in [0.29, 0.717) is 50.9 Å². The van der Waals surface area contributed by atoms with Crippen molar-refractivity contribution in [2.75, 3.05) is 26.9 Å². The molecule has 3 aromatic carbocycles. The van der Waals surface area contributed by atoms with Crippen molar-refractivity contribution in [2.24, 2.45) is 4.99 Å². The number of aromatic nitrogens is 1. The van der Waals surface area contributed by atoms with Gasteiger partial charge in [0.15, 0.2) is 22.9 Å². The van der Waals surface area contributed by atoms with Crippen LogP contribution in [0.1, 0.15) is 49.1 Å². The maximum absolute atomic E-state index is 14.2. The van der Waals surface area contributed by atoms with Gasteiger partial charge < -0.3 is 23.7 Å². The molecule has 0 radical (unpaired) electrons. The number of hydrogen-bond acceptors (Lipinski definition) is 10. The Balaban J connectivity index is 1.57. The third-order valence-electron chi connectivity index (χ3n) is 7.73. The Hall–Kier alpha value is -5.49. The smallest absolute Gasteiger partial charge is 0.343 e. The van der Waals surface area contributed by atoms with Crippen molar-refractivity contribution < 1.29 is 37.7 Å². The van der Waals surface area contributed by atoms with Crippen LogP contribution in [0.5, 0.6) is 17.2 Å². The minimum Gasteiger partial charge on any atom is -0.490 e. The highest BCUT2D eigenvalue weighted by molar-refractivity contribution is 7.07. The first kappa shape index (κ1) is 35.8. The number of thiazole rings is 1. The molecular weight excluding hydrogens is 663 g/mol. The lowest BCUT2D eigenvalue weighted by molar-refractivity contribution is -0.143. The van der Waals surface area contributed by atoms with Crippen LogP contribution in [0.15, 0.2) is 94.4 Å². The van der Waals surface area contributed by atoms with E-state index in [4.69, 9.17) is 18.9 Å². The number of allylic oxidation sites excluding steroid dienone is 2. The molecule has 1 aliphatic heterocycles. The van der Waals surface area contributed by atoms with Gasteiger partial charge >= 0.3 is 11.9 Å². The summed E-state index contributed by atoms with van der Waals surface area (Å²) in [6.07, 6.45) is 4.06. The van der Waals surface area contributed by atoms with Crippen LogP contribution in [-0.2, 0) is 32.1 Å². The van der Waals surface area contributed by atoms with Crippen LogP contribution in [-0.4, -0.2) is 43.4 Å². The number of hydrogen-bond donors (Lipinski definition) is 0. The highest BCUT2D eigenvalue weighted by Crippen LogP contribution is 2.36. The predicted molar refractivity (Wildman–Crippen MR) is 187 cm³/mol. The lowest BCUT2D eigenvalue weighted by Crippen LogP contribution is -2.40. The first-order chi connectivity index (χ1) is 24.2. The lowest BCUT2D eigenvalue weighted by Gasteiger charge is -2.25. The Labute approximate surface area is 292 Å². The van der Waals surface area contributed by atoms with Gasteiger partial charge in [-0.1, -0.05) is 41.7 Å². The zero-order valence-electron chi connectivity index (χ0n) is 28.2. The van der Waals surface area contributed by atoms with Crippen molar-refractivity contribution in [3.8, 4) is 17.2 Å². The number of nitrogens with zero attached hydrogens (tertiary/aromatic N) is 2. The molecule has 0 unspecified atom stereocenters. The maximum atomic E-state index is 14.2. The quantitative estimate of drug-likeness (QED) is 0.130. The molecule has 50 heavy (non-hydrogen) atoms. The fourth-order valence-corrected chi connectivity index (χ4v) is 6.47. The highest BCUT2D eigenvalue weighted by Gasteiger charge is 2.34. The normalized spacial score (nSPS) is 14.0. The Bertz CT molecular complexity index is 2120. The first-order valence-corrected chi connectivity index (χ1v) is 16.8. The van der Waals surface area contributed by atoms with Gasteiger partial charge in [0.1, 0.15) is 18.2 Å². The minimum absolute atomic E-state index is 0.133. The van der Waals surface area contributed by atoms with Crippen LogP contribution in [0.4, 0.5) is 4.39 Å². The second kappa shape index (κ2) is 16.3. The number of rotatable bonds is 14. The van der Waals surface area contributed by atoms with E-state index in [2.05, 4.69) is 16.3 Å². The van der Waals surface area contributed by atoms with Gasteiger partial charge in [0.05, 0.1) is 42.2 Å². The van der Waals surface area contributed by atoms with Crippen LogP contribution in [0.25, 0.3) is 6.08 Å². The van der Waals surface area contributed by atoms with Gasteiger partial charge in [-0.05, 0) is 91.9 Å².